The molecule has 0 atom stereocenters. The molecule has 2 aromatic carbocycles. The summed E-state index contributed by atoms with van der Waals surface area (Å²) < 4.78 is 2.33. The molecule has 1 aliphatic carbocycles. The molecule has 0 spiro atoms. The number of nitrogens with two attached hydrogens (primary N) is 1. The molecule has 144 valence electrons. The minimum atomic E-state index is -0.391. The zero-order chi connectivity index (χ0) is 19.8. The van der Waals surface area contributed by atoms with Crippen LogP contribution in [-0.4, -0.2) is 19.8 Å². The topological polar surface area (TPSA) is 88.0 Å². The summed E-state index contributed by atoms with van der Waals surface area (Å²) in [7, 11) is 1.53. The van der Waals surface area contributed by atoms with E-state index in [0.717, 1.165) is 35.1 Å². The molecule has 3 aromatic rings. The molecule has 0 radical (unpaired) electrons. The van der Waals surface area contributed by atoms with Crippen LogP contribution < -0.4 is 11.6 Å². The molecule has 0 amide bonds. The average Bonchev–Trinajstić information content (AvgIpc) is 3.30. The summed E-state index contributed by atoms with van der Waals surface area (Å²) in [6, 6.07) is 11.5. The van der Waals surface area contributed by atoms with Crippen molar-refractivity contribution in [2.24, 2.45) is 12.9 Å². The lowest BCUT2D eigenvalue weighted by Gasteiger charge is -2.17. The largest absolute Gasteiger partial charge is 0.410 e. The van der Waals surface area contributed by atoms with Crippen molar-refractivity contribution in [2.75, 3.05) is 0 Å². The van der Waals surface area contributed by atoms with Crippen LogP contribution in [0.1, 0.15) is 35.6 Å². The van der Waals surface area contributed by atoms with Crippen molar-refractivity contribution >= 4 is 22.9 Å². The smallest absolute Gasteiger partial charge is 0.368 e. The Morgan fingerprint density at radius 1 is 1.18 bits per heavy atom. The molecule has 8 heteroatoms. The molecule has 1 aliphatic rings. The fourth-order valence-electron chi connectivity index (χ4n) is 3.81. The molecule has 28 heavy (non-hydrogen) atoms. The predicted molar refractivity (Wildman–Crippen MR) is 108 cm³/mol. The van der Waals surface area contributed by atoms with Gasteiger partial charge in [0.1, 0.15) is 0 Å². The molecule has 0 fully saturated rings. The summed E-state index contributed by atoms with van der Waals surface area (Å²) in [5.41, 5.74) is 5.15. The van der Waals surface area contributed by atoms with Gasteiger partial charge in [-0.15, -0.1) is 0 Å². The van der Waals surface area contributed by atoms with E-state index in [0.29, 0.717) is 22.0 Å². The number of rotatable bonds is 4. The summed E-state index contributed by atoms with van der Waals surface area (Å²) >= 11 is 6.52. The Morgan fingerprint density at radius 3 is 2.68 bits per heavy atom. The van der Waals surface area contributed by atoms with Gasteiger partial charge in [0, 0.05) is 12.6 Å². The summed E-state index contributed by atoms with van der Waals surface area (Å²) in [6.45, 7) is 1.95. The van der Waals surface area contributed by atoms with Gasteiger partial charge in [-0.2, -0.15) is 15.3 Å². The number of aromatic nitrogens is 4. The van der Waals surface area contributed by atoms with Gasteiger partial charge in [0.2, 0.25) is 0 Å². The lowest BCUT2D eigenvalue weighted by atomic mass is 9.95. The van der Waals surface area contributed by atoms with Crippen molar-refractivity contribution in [1.29, 1.82) is 0 Å². The minimum Gasteiger partial charge on any atom is -0.410 e. The first-order chi connectivity index (χ1) is 13.5. The highest BCUT2D eigenvalue weighted by Crippen LogP contribution is 2.37. The number of aryl methyl sites for hydroxylation is 2. The van der Waals surface area contributed by atoms with E-state index in [1.54, 1.807) is 18.2 Å². The zero-order valence-electron chi connectivity index (χ0n) is 15.6. The van der Waals surface area contributed by atoms with Gasteiger partial charge >= 0.3 is 5.69 Å². The van der Waals surface area contributed by atoms with E-state index >= 15 is 0 Å². The van der Waals surface area contributed by atoms with Crippen LogP contribution in [0.15, 0.2) is 41.2 Å². The molecule has 4 rings (SSSR count). The van der Waals surface area contributed by atoms with Gasteiger partial charge in [0.25, 0.3) is 0 Å². The first-order valence-corrected chi connectivity index (χ1v) is 9.37. The Morgan fingerprint density at radius 2 is 1.96 bits per heavy atom. The number of nitrogens with zero attached hydrogens (tertiary/aromatic N) is 4. The first kappa shape index (κ1) is 18.5. The van der Waals surface area contributed by atoms with Crippen molar-refractivity contribution in [1.82, 2.24) is 19.8 Å². The number of benzene rings is 2. The normalized spacial score (nSPS) is 14.0. The van der Waals surface area contributed by atoms with E-state index in [1.165, 1.54) is 22.9 Å². The molecule has 1 aromatic heterocycles. The van der Waals surface area contributed by atoms with Crippen LogP contribution in [0.5, 0.6) is 0 Å². The maximum Gasteiger partial charge on any atom is 0.368 e. The Kier molecular flexibility index (Phi) is 4.78. The van der Waals surface area contributed by atoms with Gasteiger partial charge in [-0.25, -0.2) is 4.79 Å². The first-order valence-electron chi connectivity index (χ1n) is 9.00. The van der Waals surface area contributed by atoms with Crippen LogP contribution in [0.3, 0.4) is 0 Å². The summed E-state index contributed by atoms with van der Waals surface area (Å²) in [5.74, 6) is 6.10. The van der Waals surface area contributed by atoms with E-state index in [9.17, 15) is 4.79 Å². The Labute approximate surface area is 166 Å². The molecular weight excluding hydrogens is 378 g/mol. The third-order valence-electron chi connectivity index (χ3n) is 5.18. The summed E-state index contributed by atoms with van der Waals surface area (Å²) in [4.78, 5) is 17.7. The van der Waals surface area contributed by atoms with E-state index in [4.69, 9.17) is 22.3 Å². The highest BCUT2D eigenvalue weighted by Gasteiger charge is 2.23. The van der Waals surface area contributed by atoms with Crippen LogP contribution >= 0.6 is 11.6 Å². The van der Waals surface area contributed by atoms with Gasteiger partial charge < -0.3 is 4.84 Å². The highest BCUT2D eigenvalue weighted by atomic mass is 35.5. The molecule has 0 saturated heterocycles. The molecule has 0 unspecified atom stereocenters. The highest BCUT2D eigenvalue weighted by molar-refractivity contribution is 6.33. The molecule has 0 bridgehead atoms. The van der Waals surface area contributed by atoms with Crippen molar-refractivity contribution in [2.45, 2.75) is 26.2 Å². The van der Waals surface area contributed by atoms with E-state index in [1.807, 2.05) is 13.0 Å². The molecule has 0 aliphatic heterocycles. The number of fused-ring (bicyclic) bond motifs is 1. The van der Waals surface area contributed by atoms with Gasteiger partial charge in [-0.05, 0) is 65.4 Å². The van der Waals surface area contributed by atoms with Gasteiger partial charge in [-0.3, -0.25) is 0 Å². The lowest BCUT2D eigenvalue weighted by molar-refractivity contribution is 0.291. The second-order valence-corrected chi connectivity index (χ2v) is 7.21. The minimum absolute atomic E-state index is 0.391. The second kappa shape index (κ2) is 7.26. The average molecular weight is 398 g/mol. The van der Waals surface area contributed by atoms with Crippen molar-refractivity contribution in [3.05, 3.63) is 74.2 Å². The van der Waals surface area contributed by atoms with E-state index in [-0.39, 0.29) is 0 Å². The number of hydrogen-bond acceptors (Lipinski definition) is 5. The quantitative estimate of drug-likeness (QED) is 0.415. The molecule has 1 heterocycles. The summed E-state index contributed by atoms with van der Waals surface area (Å²) in [6.07, 6.45) is 3.21. The Bertz CT molecular complexity index is 1150. The maximum atomic E-state index is 12.4. The van der Waals surface area contributed by atoms with Crippen LogP contribution in [-0.2, 0) is 24.7 Å². The maximum absolute atomic E-state index is 12.4. The number of tetrazole rings is 1. The van der Waals surface area contributed by atoms with E-state index in [2.05, 4.69) is 22.6 Å². The fourth-order valence-corrected chi connectivity index (χ4v) is 4.06. The predicted octanol–water partition coefficient (Wildman–Crippen LogP) is 2.89. The SMILES string of the molecule is C/C(=C(\ON)c1c(Cl)cccc1-n1nnn(C)c1=O)c1cccc2c1CCC2. The lowest BCUT2D eigenvalue weighted by Crippen LogP contribution is -2.23. The van der Waals surface area contributed by atoms with Crippen molar-refractivity contribution in [3.8, 4) is 5.69 Å². The van der Waals surface area contributed by atoms with Crippen LogP contribution in [0.25, 0.3) is 17.0 Å². The standard InChI is InChI=1S/C20H20ClN5O2/c1-12(14-8-3-6-13-7-4-9-15(13)14)19(28-22)18-16(21)10-5-11-17(18)26-20(27)25(2)23-24-26/h3,5-6,8,10-11H,4,7,9,22H2,1-2H3/b19-12+. The Balaban J connectivity index is 1.97. The Hall–Kier alpha value is -2.90. The third kappa shape index (κ3) is 2.93. The second-order valence-electron chi connectivity index (χ2n) is 6.80. The third-order valence-corrected chi connectivity index (χ3v) is 5.49. The zero-order valence-corrected chi connectivity index (χ0v) is 16.4. The summed E-state index contributed by atoms with van der Waals surface area (Å²) in [5, 5.41) is 8.12. The van der Waals surface area contributed by atoms with E-state index < -0.39 is 5.69 Å². The molecule has 2 N–H and O–H groups in total. The van der Waals surface area contributed by atoms with Gasteiger partial charge in [0.05, 0.1) is 16.3 Å². The number of halogens is 1. The van der Waals surface area contributed by atoms with Crippen LogP contribution in [0.4, 0.5) is 0 Å². The van der Waals surface area contributed by atoms with Gasteiger partial charge in [0.15, 0.2) is 5.76 Å². The fraction of sp³-hybridized carbons (Fsp3) is 0.250. The molecular formula is C20H20ClN5O2. The molecule has 7 nitrogen and oxygen atoms in total. The molecule has 0 saturated carbocycles. The van der Waals surface area contributed by atoms with Crippen molar-refractivity contribution in [3.63, 3.8) is 0 Å². The monoisotopic (exact) mass is 397 g/mol. The van der Waals surface area contributed by atoms with Crippen molar-refractivity contribution < 1.29 is 4.84 Å². The van der Waals surface area contributed by atoms with Crippen LogP contribution in [0.2, 0.25) is 5.02 Å². The number of allylic oxidation sites excluding steroid dienone is 1. The van der Waals surface area contributed by atoms with Crippen LogP contribution in [0, 0.1) is 0 Å². The number of hydrogen-bond donors (Lipinski definition) is 1. The van der Waals surface area contributed by atoms with Gasteiger partial charge in [-0.1, -0.05) is 35.9 Å².